The quantitative estimate of drug-likeness (QED) is 0.775. The van der Waals surface area contributed by atoms with Gasteiger partial charge in [0, 0.05) is 31.1 Å². The molecule has 136 valence electrons. The monoisotopic (exact) mass is 366 g/mol. The second kappa shape index (κ2) is 7.52. The Hall–Kier alpha value is -1.95. The van der Waals surface area contributed by atoms with Gasteiger partial charge < -0.3 is 20.1 Å². The lowest BCUT2D eigenvalue weighted by atomic mass is 9.92. The van der Waals surface area contributed by atoms with E-state index in [2.05, 4.69) is 5.32 Å². The van der Waals surface area contributed by atoms with Gasteiger partial charge in [0.15, 0.2) is 0 Å². The Labute approximate surface area is 152 Å². The van der Waals surface area contributed by atoms with Crippen molar-refractivity contribution in [3.05, 3.63) is 23.2 Å². The van der Waals surface area contributed by atoms with Crippen LogP contribution < -0.4 is 10.1 Å². The molecule has 6 nitrogen and oxygen atoms in total. The van der Waals surface area contributed by atoms with E-state index in [1.807, 2.05) is 0 Å². The van der Waals surface area contributed by atoms with E-state index in [1.54, 1.807) is 30.2 Å². The summed E-state index contributed by atoms with van der Waals surface area (Å²) in [7, 11) is 1.58. The smallest absolute Gasteiger partial charge is 0.308 e. The second-order valence-corrected chi connectivity index (χ2v) is 7.20. The summed E-state index contributed by atoms with van der Waals surface area (Å²) < 4.78 is 5.26. The predicted octanol–water partition coefficient (Wildman–Crippen LogP) is 2.72. The number of carbonyl (C=O) groups is 2. The third-order valence-electron chi connectivity index (χ3n) is 5.08. The topological polar surface area (TPSA) is 78.9 Å². The van der Waals surface area contributed by atoms with Crippen LogP contribution in [-0.2, 0) is 9.59 Å². The Kier molecular flexibility index (Phi) is 5.37. The Morgan fingerprint density at radius 3 is 2.76 bits per heavy atom. The molecule has 2 N–H and O–H groups in total. The fourth-order valence-electron chi connectivity index (χ4n) is 3.58. The molecule has 1 saturated heterocycles. The van der Waals surface area contributed by atoms with E-state index in [4.69, 9.17) is 16.3 Å². The lowest BCUT2D eigenvalue weighted by Gasteiger charge is -2.17. The fourth-order valence-corrected chi connectivity index (χ4v) is 3.75. The molecule has 2 fully saturated rings. The number of amides is 1. The third kappa shape index (κ3) is 4.18. The van der Waals surface area contributed by atoms with E-state index in [0.717, 1.165) is 18.5 Å². The van der Waals surface area contributed by atoms with E-state index in [-0.39, 0.29) is 11.8 Å². The maximum Gasteiger partial charge on any atom is 0.308 e. The van der Waals surface area contributed by atoms with Crippen LogP contribution in [0.4, 0.5) is 5.69 Å². The summed E-state index contributed by atoms with van der Waals surface area (Å²) in [4.78, 5) is 25.6. The standard InChI is InChI=1S/C18H23ClN2O4/c1-25-16-5-4-12(19)8-15(16)20-7-6-17(22)21-9-13(11-2-3-11)14(10-21)18(23)24/h4-5,8,11,13-14,20H,2-3,6-7,9-10H2,1H3,(H,23,24)/t13-,14+/m1/s1. The summed E-state index contributed by atoms with van der Waals surface area (Å²) in [6.07, 6.45) is 2.48. The number of hydrogen-bond acceptors (Lipinski definition) is 4. The Morgan fingerprint density at radius 2 is 2.12 bits per heavy atom. The highest BCUT2D eigenvalue weighted by molar-refractivity contribution is 6.30. The Morgan fingerprint density at radius 1 is 1.36 bits per heavy atom. The maximum absolute atomic E-state index is 12.4. The molecule has 1 aliphatic carbocycles. The molecule has 0 spiro atoms. The van der Waals surface area contributed by atoms with Crippen LogP contribution in [0, 0.1) is 17.8 Å². The van der Waals surface area contributed by atoms with Crippen molar-refractivity contribution in [1.82, 2.24) is 4.90 Å². The van der Waals surface area contributed by atoms with E-state index >= 15 is 0 Å². The van der Waals surface area contributed by atoms with Crippen molar-refractivity contribution < 1.29 is 19.4 Å². The summed E-state index contributed by atoms with van der Waals surface area (Å²) in [5, 5.41) is 13.1. The van der Waals surface area contributed by atoms with E-state index in [9.17, 15) is 14.7 Å². The van der Waals surface area contributed by atoms with E-state index < -0.39 is 11.9 Å². The zero-order chi connectivity index (χ0) is 18.0. The maximum atomic E-state index is 12.4. The molecule has 25 heavy (non-hydrogen) atoms. The molecule has 0 radical (unpaired) electrons. The number of rotatable bonds is 7. The summed E-state index contributed by atoms with van der Waals surface area (Å²) in [6, 6.07) is 5.26. The first-order valence-corrected chi connectivity index (χ1v) is 8.95. The minimum absolute atomic E-state index is 0.0112. The van der Waals surface area contributed by atoms with Gasteiger partial charge in [0.2, 0.25) is 5.91 Å². The van der Waals surface area contributed by atoms with Crippen molar-refractivity contribution in [2.45, 2.75) is 19.3 Å². The summed E-state index contributed by atoms with van der Waals surface area (Å²) in [6.45, 7) is 1.34. The number of anilines is 1. The number of carbonyl (C=O) groups excluding carboxylic acids is 1. The number of benzene rings is 1. The minimum Gasteiger partial charge on any atom is -0.495 e. The normalized spacial score (nSPS) is 22.7. The predicted molar refractivity (Wildman–Crippen MR) is 95.0 cm³/mol. The largest absolute Gasteiger partial charge is 0.495 e. The highest BCUT2D eigenvalue weighted by Crippen LogP contribution is 2.44. The lowest BCUT2D eigenvalue weighted by Crippen LogP contribution is -2.31. The van der Waals surface area contributed by atoms with Crippen LogP contribution >= 0.6 is 11.6 Å². The molecule has 2 aliphatic rings. The lowest BCUT2D eigenvalue weighted by molar-refractivity contribution is -0.142. The van der Waals surface area contributed by atoms with Gasteiger partial charge in [-0.15, -0.1) is 0 Å². The van der Waals surface area contributed by atoms with Crippen molar-refractivity contribution in [2.24, 2.45) is 17.8 Å². The van der Waals surface area contributed by atoms with Gasteiger partial charge >= 0.3 is 5.97 Å². The Balaban J connectivity index is 1.53. The molecule has 1 heterocycles. The number of nitrogens with one attached hydrogen (secondary N) is 1. The van der Waals surface area contributed by atoms with Crippen molar-refractivity contribution in [3.63, 3.8) is 0 Å². The highest BCUT2D eigenvalue weighted by Gasteiger charge is 2.46. The number of nitrogens with zero attached hydrogens (tertiary/aromatic N) is 1. The SMILES string of the molecule is COc1ccc(Cl)cc1NCCC(=O)N1C[C@H](C(=O)O)[C@@H](C2CC2)C1. The molecule has 1 aromatic carbocycles. The summed E-state index contributed by atoms with van der Waals surface area (Å²) >= 11 is 5.99. The zero-order valence-corrected chi connectivity index (χ0v) is 15.0. The zero-order valence-electron chi connectivity index (χ0n) is 14.2. The van der Waals surface area contributed by atoms with Gasteiger partial charge in [-0.1, -0.05) is 11.6 Å². The number of likely N-dealkylation sites (tertiary alicyclic amines) is 1. The summed E-state index contributed by atoms with van der Waals surface area (Å²) in [5.41, 5.74) is 0.739. The molecule has 1 amide bonds. The van der Waals surface area contributed by atoms with Crippen molar-refractivity contribution in [1.29, 1.82) is 0 Å². The molecule has 3 rings (SSSR count). The average Bonchev–Trinajstić information content (AvgIpc) is 3.32. The van der Waals surface area contributed by atoms with Gasteiger partial charge in [0.25, 0.3) is 0 Å². The van der Waals surface area contributed by atoms with Gasteiger partial charge in [0.1, 0.15) is 5.75 Å². The number of carboxylic acid groups (broad SMARTS) is 1. The first-order chi connectivity index (χ1) is 12.0. The van der Waals surface area contributed by atoms with Crippen molar-refractivity contribution >= 4 is 29.2 Å². The molecule has 1 saturated carbocycles. The van der Waals surface area contributed by atoms with Crippen LogP contribution in [0.15, 0.2) is 18.2 Å². The van der Waals surface area contributed by atoms with Gasteiger partial charge in [-0.05, 0) is 42.9 Å². The van der Waals surface area contributed by atoms with Gasteiger partial charge in [-0.2, -0.15) is 0 Å². The first kappa shape index (κ1) is 17.9. The minimum atomic E-state index is -0.783. The average molecular weight is 367 g/mol. The molecule has 0 aromatic heterocycles. The number of halogens is 1. The first-order valence-electron chi connectivity index (χ1n) is 8.57. The van der Waals surface area contributed by atoms with Crippen LogP contribution in [0.3, 0.4) is 0 Å². The van der Waals surface area contributed by atoms with Crippen molar-refractivity contribution in [3.8, 4) is 5.75 Å². The number of aliphatic carboxylic acids is 1. The molecular weight excluding hydrogens is 344 g/mol. The van der Waals surface area contributed by atoms with Gasteiger partial charge in [-0.3, -0.25) is 9.59 Å². The molecule has 0 unspecified atom stereocenters. The molecule has 7 heteroatoms. The number of methoxy groups -OCH3 is 1. The molecule has 0 bridgehead atoms. The van der Waals surface area contributed by atoms with Crippen LogP contribution in [0.25, 0.3) is 0 Å². The van der Waals surface area contributed by atoms with Crippen molar-refractivity contribution in [2.75, 3.05) is 32.1 Å². The molecule has 1 aliphatic heterocycles. The van der Waals surface area contributed by atoms with Crippen LogP contribution in [0.2, 0.25) is 5.02 Å². The van der Waals surface area contributed by atoms with Gasteiger partial charge in [0.05, 0.1) is 18.7 Å². The number of carboxylic acids is 1. The van der Waals surface area contributed by atoms with E-state index in [1.165, 1.54) is 0 Å². The Bertz CT molecular complexity index is 662. The van der Waals surface area contributed by atoms with Crippen LogP contribution in [-0.4, -0.2) is 48.6 Å². The molecule has 2 atom stereocenters. The molecular formula is C18H23ClN2O4. The summed E-state index contributed by atoms with van der Waals surface area (Å²) in [5.74, 6) is 0.0438. The number of hydrogen-bond donors (Lipinski definition) is 2. The fraction of sp³-hybridized carbons (Fsp3) is 0.556. The third-order valence-corrected chi connectivity index (χ3v) is 5.31. The molecule has 1 aromatic rings. The van der Waals surface area contributed by atoms with Crippen LogP contribution in [0.5, 0.6) is 5.75 Å². The highest BCUT2D eigenvalue weighted by atomic mass is 35.5. The van der Waals surface area contributed by atoms with Crippen LogP contribution in [0.1, 0.15) is 19.3 Å². The number of ether oxygens (including phenoxy) is 1. The second-order valence-electron chi connectivity index (χ2n) is 6.77. The van der Waals surface area contributed by atoms with Gasteiger partial charge in [-0.25, -0.2) is 0 Å². The van der Waals surface area contributed by atoms with E-state index in [0.29, 0.717) is 42.7 Å².